The van der Waals surface area contributed by atoms with Crippen molar-refractivity contribution in [2.45, 2.75) is 53.4 Å². The van der Waals surface area contributed by atoms with Crippen molar-refractivity contribution in [2.24, 2.45) is 5.41 Å². The molecular formula is C16H27NOS. The van der Waals surface area contributed by atoms with E-state index in [-0.39, 0.29) is 5.41 Å². The molecule has 19 heavy (non-hydrogen) atoms. The molecule has 0 atom stereocenters. The van der Waals surface area contributed by atoms with Crippen LogP contribution in [0.1, 0.15) is 59.4 Å². The summed E-state index contributed by atoms with van der Waals surface area (Å²) in [6, 6.07) is 2.03. The lowest BCUT2D eigenvalue weighted by molar-refractivity contribution is 0.328. The number of rotatable bonds is 5. The fraction of sp³-hybridized carbons (Fsp3) is 0.688. The summed E-state index contributed by atoms with van der Waals surface area (Å²) in [5.41, 5.74) is 1.37. The third-order valence-corrected chi connectivity index (χ3v) is 4.11. The zero-order chi connectivity index (χ0) is 14.5. The van der Waals surface area contributed by atoms with Gasteiger partial charge in [-0.3, -0.25) is 0 Å². The van der Waals surface area contributed by atoms with Gasteiger partial charge in [0.25, 0.3) is 0 Å². The van der Waals surface area contributed by atoms with E-state index in [0.717, 1.165) is 23.6 Å². The van der Waals surface area contributed by atoms with Crippen molar-refractivity contribution in [2.75, 3.05) is 11.5 Å². The molecule has 2 nitrogen and oxygen atoms in total. The number of thioether (sulfide) groups is 1. The van der Waals surface area contributed by atoms with E-state index in [0.29, 0.717) is 5.41 Å². The van der Waals surface area contributed by atoms with Crippen LogP contribution in [0.25, 0.3) is 6.08 Å². The van der Waals surface area contributed by atoms with Gasteiger partial charge in [0.1, 0.15) is 11.5 Å². The summed E-state index contributed by atoms with van der Waals surface area (Å²) in [7, 11) is 0. The molecule has 1 rings (SSSR count). The van der Waals surface area contributed by atoms with E-state index in [4.69, 9.17) is 4.52 Å². The summed E-state index contributed by atoms with van der Waals surface area (Å²) >= 11 is 2.01. The molecule has 1 heterocycles. The minimum Gasteiger partial charge on any atom is -0.360 e. The molecule has 0 aliphatic carbocycles. The Hall–Kier alpha value is -0.700. The quantitative estimate of drug-likeness (QED) is 0.698. The van der Waals surface area contributed by atoms with Crippen molar-refractivity contribution in [1.29, 1.82) is 0 Å². The fourth-order valence-corrected chi connectivity index (χ4v) is 2.51. The lowest BCUT2D eigenvalue weighted by Crippen LogP contribution is -2.09. The molecule has 0 aromatic carbocycles. The van der Waals surface area contributed by atoms with Gasteiger partial charge < -0.3 is 4.52 Å². The number of nitrogens with zero attached hydrogens (tertiary/aromatic N) is 1. The molecule has 0 aliphatic rings. The Morgan fingerprint density at radius 2 is 1.89 bits per heavy atom. The molecule has 0 saturated heterocycles. The summed E-state index contributed by atoms with van der Waals surface area (Å²) in [4.78, 5) is 0. The summed E-state index contributed by atoms with van der Waals surface area (Å²) in [5, 5.41) is 4.07. The Morgan fingerprint density at radius 1 is 1.21 bits per heavy atom. The molecular weight excluding hydrogens is 254 g/mol. The van der Waals surface area contributed by atoms with E-state index in [1.165, 1.54) is 5.75 Å². The molecule has 108 valence electrons. The van der Waals surface area contributed by atoms with E-state index in [1.807, 2.05) is 17.8 Å². The first-order valence-corrected chi connectivity index (χ1v) is 8.05. The first kappa shape index (κ1) is 16.4. The zero-order valence-electron chi connectivity index (χ0n) is 13.1. The van der Waals surface area contributed by atoms with Crippen LogP contribution in [-0.4, -0.2) is 16.7 Å². The molecule has 0 spiro atoms. The SMILES string of the molecule is CC(C)(C)CSCC/C=C/c1cc(C(C)(C)C)on1. The van der Waals surface area contributed by atoms with Crippen molar-refractivity contribution in [1.82, 2.24) is 5.16 Å². The maximum Gasteiger partial charge on any atom is 0.142 e. The molecule has 0 unspecified atom stereocenters. The number of allylic oxidation sites excluding steroid dienone is 1. The third-order valence-electron chi connectivity index (χ3n) is 2.52. The Bertz CT molecular complexity index is 407. The van der Waals surface area contributed by atoms with E-state index in [1.54, 1.807) is 0 Å². The van der Waals surface area contributed by atoms with Crippen LogP contribution < -0.4 is 0 Å². The van der Waals surface area contributed by atoms with Crippen molar-refractivity contribution in [3.8, 4) is 0 Å². The highest BCUT2D eigenvalue weighted by atomic mass is 32.2. The second-order valence-corrected chi connectivity index (χ2v) is 8.28. The lowest BCUT2D eigenvalue weighted by atomic mass is 9.93. The van der Waals surface area contributed by atoms with E-state index in [9.17, 15) is 0 Å². The minimum absolute atomic E-state index is 0.0294. The molecule has 1 aromatic heterocycles. The molecule has 3 heteroatoms. The second kappa shape index (κ2) is 6.65. The zero-order valence-corrected chi connectivity index (χ0v) is 13.9. The van der Waals surface area contributed by atoms with Gasteiger partial charge in [-0.05, 0) is 29.4 Å². The second-order valence-electron chi connectivity index (χ2n) is 7.17. The maximum absolute atomic E-state index is 5.35. The normalized spacial score (nSPS) is 13.4. The Balaban J connectivity index is 2.32. The van der Waals surface area contributed by atoms with Crippen molar-refractivity contribution < 1.29 is 4.52 Å². The summed E-state index contributed by atoms with van der Waals surface area (Å²) in [6.45, 7) is 13.2. The van der Waals surface area contributed by atoms with Gasteiger partial charge in [0.05, 0.1) is 0 Å². The lowest BCUT2D eigenvalue weighted by Gasteiger charge is -2.16. The van der Waals surface area contributed by atoms with Crippen molar-refractivity contribution in [3.05, 3.63) is 23.6 Å². The van der Waals surface area contributed by atoms with Gasteiger partial charge in [0, 0.05) is 11.5 Å². The average molecular weight is 281 g/mol. The molecule has 0 fully saturated rings. The fourth-order valence-electron chi connectivity index (χ4n) is 1.45. The average Bonchev–Trinajstić information content (AvgIpc) is 2.69. The highest BCUT2D eigenvalue weighted by Crippen LogP contribution is 2.23. The Labute approximate surface area is 122 Å². The number of hydrogen-bond donors (Lipinski definition) is 0. The van der Waals surface area contributed by atoms with Crippen molar-refractivity contribution >= 4 is 17.8 Å². The van der Waals surface area contributed by atoms with Gasteiger partial charge >= 0.3 is 0 Å². The van der Waals surface area contributed by atoms with Crippen LogP contribution in [0.5, 0.6) is 0 Å². The van der Waals surface area contributed by atoms with Crippen LogP contribution in [-0.2, 0) is 5.41 Å². The largest absolute Gasteiger partial charge is 0.360 e. The van der Waals surface area contributed by atoms with Gasteiger partial charge in [-0.25, -0.2) is 0 Å². The summed E-state index contributed by atoms with van der Waals surface area (Å²) < 4.78 is 5.35. The topological polar surface area (TPSA) is 26.0 Å². The standard InChI is InChI=1S/C16H27NOS/c1-15(2,3)12-19-10-8-7-9-13-11-14(18-17-13)16(4,5)6/h7,9,11H,8,10,12H2,1-6H3/b9-7+. The van der Waals surface area contributed by atoms with Crippen LogP contribution in [0.3, 0.4) is 0 Å². The predicted molar refractivity (Wildman–Crippen MR) is 85.6 cm³/mol. The maximum atomic E-state index is 5.35. The summed E-state index contributed by atoms with van der Waals surface area (Å²) in [6.07, 6.45) is 5.31. The monoisotopic (exact) mass is 281 g/mol. The number of aromatic nitrogens is 1. The van der Waals surface area contributed by atoms with Gasteiger partial charge in [0.2, 0.25) is 0 Å². The van der Waals surface area contributed by atoms with Gasteiger partial charge in [-0.15, -0.1) is 0 Å². The highest BCUT2D eigenvalue weighted by Gasteiger charge is 2.18. The van der Waals surface area contributed by atoms with Crippen LogP contribution in [0.4, 0.5) is 0 Å². The predicted octanol–water partition coefficient (Wildman–Crippen LogP) is 5.15. The molecule has 0 N–H and O–H groups in total. The van der Waals surface area contributed by atoms with Gasteiger partial charge in [0.15, 0.2) is 0 Å². The van der Waals surface area contributed by atoms with Crippen LogP contribution in [0.2, 0.25) is 0 Å². The first-order chi connectivity index (χ1) is 8.68. The van der Waals surface area contributed by atoms with Crippen LogP contribution in [0, 0.1) is 5.41 Å². The molecule has 0 amide bonds. The molecule has 0 saturated carbocycles. The smallest absolute Gasteiger partial charge is 0.142 e. The van der Waals surface area contributed by atoms with Crippen LogP contribution >= 0.6 is 11.8 Å². The minimum atomic E-state index is 0.0294. The molecule has 0 radical (unpaired) electrons. The molecule has 1 aromatic rings. The van der Waals surface area contributed by atoms with Crippen LogP contribution in [0.15, 0.2) is 16.7 Å². The third kappa shape index (κ3) is 6.86. The Morgan fingerprint density at radius 3 is 2.42 bits per heavy atom. The number of hydrogen-bond acceptors (Lipinski definition) is 3. The van der Waals surface area contributed by atoms with Gasteiger partial charge in [-0.2, -0.15) is 11.8 Å². The highest BCUT2D eigenvalue weighted by molar-refractivity contribution is 7.99. The van der Waals surface area contributed by atoms with Crippen molar-refractivity contribution in [3.63, 3.8) is 0 Å². The molecule has 0 bridgehead atoms. The van der Waals surface area contributed by atoms with E-state index in [2.05, 4.69) is 58.9 Å². The van der Waals surface area contributed by atoms with E-state index < -0.39 is 0 Å². The van der Waals surface area contributed by atoms with E-state index >= 15 is 0 Å². The first-order valence-electron chi connectivity index (χ1n) is 6.90. The summed E-state index contributed by atoms with van der Waals surface area (Å²) in [5.74, 6) is 3.31. The van der Waals surface area contributed by atoms with Gasteiger partial charge in [-0.1, -0.05) is 52.8 Å². The Kier molecular flexibility index (Phi) is 5.72. The molecule has 0 aliphatic heterocycles.